The van der Waals surface area contributed by atoms with Crippen LogP contribution in [0.5, 0.6) is 0 Å². The minimum Gasteiger partial charge on any atom is -0.319 e. The van der Waals surface area contributed by atoms with Crippen LogP contribution in [0.2, 0.25) is 0 Å². The standard InChI is InChI=1S/C13H16Br2N2/c14-10-7-11(15)13(17-8-10)12(16)9-5-3-1-2-4-6-9/h5,7-8,12H,1-4,6,16H2. The Kier molecular flexibility index (Phi) is 4.77. The van der Waals surface area contributed by atoms with Crippen LogP contribution in [0.1, 0.15) is 43.8 Å². The van der Waals surface area contributed by atoms with Crippen molar-refractivity contribution >= 4 is 31.9 Å². The minimum atomic E-state index is -0.0735. The highest BCUT2D eigenvalue weighted by Gasteiger charge is 2.17. The zero-order valence-corrected chi connectivity index (χ0v) is 12.8. The molecule has 1 heterocycles. The van der Waals surface area contributed by atoms with E-state index in [4.69, 9.17) is 5.73 Å². The molecule has 0 spiro atoms. The van der Waals surface area contributed by atoms with Crippen molar-refractivity contribution in [1.29, 1.82) is 0 Å². The maximum Gasteiger partial charge on any atom is 0.0755 e. The molecule has 2 nitrogen and oxygen atoms in total. The Morgan fingerprint density at radius 1 is 1.24 bits per heavy atom. The molecule has 4 heteroatoms. The van der Waals surface area contributed by atoms with E-state index in [0.717, 1.165) is 27.5 Å². The molecule has 1 unspecified atom stereocenters. The van der Waals surface area contributed by atoms with Crippen molar-refractivity contribution in [3.05, 3.63) is 38.6 Å². The Bertz CT molecular complexity index is 429. The number of aromatic nitrogens is 1. The second-order valence-electron chi connectivity index (χ2n) is 4.38. The van der Waals surface area contributed by atoms with Gasteiger partial charge in [0.15, 0.2) is 0 Å². The van der Waals surface area contributed by atoms with Crippen LogP contribution in [0.3, 0.4) is 0 Å². The first-order valence-corrected chi connectivity index (χ1v) is 7.52. The number of pyridine rings is 1. The number of nitrogens with zero attached hydrogens (tertiary/aromatic N) is 1. The van der Waals surface area contributed by atoms with Gasteiger partial charge >= 0.3 is 0 Å². The summed E-state index contributed by atoms with van der Waals surface area (Å²) >= 11 is 6.94. The first-order chi connectivity index (χ1) is 8.18. The van der Waals surface area contributed by atoms with Gasteiger partial charge in [-0.15, -0.1) is 0 Å². The molecule has 1 aromatic rings. The van der Waals surface area contributed by atoms with Crippen molar-refractivity contribution in [2.75, 3.05) is 0 Å². The van der Waals surface area contributed by atoms with Crippen molar-refractivity contribution in [2.24, 2.45) is 5.73 Å². The zero-order chi connectivity index (χ0) is 12.3. The third-order valence-corrected chi connectivity index (χ3v) is 4.18. The average Bonchev–Trinajstić information content (AvgIpc) is 2.56. The van der Waals surface area contributed by atoms with Crippen LogP contribution in [0, 0.1) is 0 Å². The SMILES string of the molecule is NC(C1=CCCCCC1)c1ncc(Br)cc1Br. The summed E-state index contributed by atoms with van der Waals surface area (Å²) in [4.78, 5) is 4.42. The third-order valence-electron chi connectivity index (χ3n) is 3.11. The molecular formula is C13H16Br2N2. The summed E-state index contributed by atoms with van der Waals surface area (Å²) in [7, 11) is 0. The molecule has 2 N–H and O–H groups in total. The lowest BCUT2D eigenvalue weighted by Crippen LogP contribution is -2.15. The van der Waals surface area contributed by atoms with Gasteiger partial charge in [-0.1, -0.05) is 18.1 Å². The van der Waals surface area contributed by atoms with Crippen LogP contribution >= 0.6 is 31.9 Å². The van der Waals surface area contributed by atoms with Gasteiger partial charge < -0.3 is 5.73 Å². The molecule has 0 amide bonds. The van der Waals surface area contributed by atoms with E-state index in [2.05, 4.69) is 42.9 Å². The fraction of sp³-hybridized carbons (Fsp3) is 0.462. The van der Waals surface area contributed by atoms with Crippen LogP contribution in [0.4, 0.5) is 0 Å². The second kappa shape index (κ2) is 6.12. The molecule has 17 heavy (non-hydrogen) atoms. The number of nitrogens with two attached hydrogens (primary N) is 1. The van der Waals surface area contributed by atoms with Crippen LogP contribution in [-0.2, 0) is 0 Å². The highest BCUT2D eigenvalue weighted by Crippen LogP contribution is 2.31. The Morgan fingerprint density at radius 2 is 2.06 bits per heavy atom. The molecule has 1 aromatic heterocycles. The van der Waals surface area contributed by atoms with E-state index >= 15 is 0 Å². The monoisotopic (exact) mass is 358 g/mol. The molecule has 0 aliphatic heterocycles. The molecule has 0 bridgehead atoms. The molecule has 92 valence electrons. The van der Waals surface area contributed by atoms with E-state index in [0.29, 0.717) is 0 Å². The van der Waals surface area contributed by atoms with Crippen molar-refractivity contribution in [3.8, 4) is 0 Å². The molecular weight excluding hydrogens is 344 g/mol. The number of rotatable bonds is 2. The first-order valence-electron chi connectivity index (χ1n) is 5.94. The molecule has 0 saturated heterocycles. The summed E-state index contributed by atoms with van der Waals surface area (Å²) in [5.41, 5.74) is 8.58. The van der Waals surface area contributed by atoms with Gasteiger partial charge in [-0.3, -0.25) is 4.98 Å². The van der Waals surface area contributed by atoms with Crippen LogP contribution in [0.25, 0.3) is 0 Å². The Balaban J connectivity index is 2.23. The lowest BCUT2D eigenvalue weighted by Gasteiger charge is -2.16. The van der Waals surface area contributed by atoms with Crippen molar-refractivity contribution < 1.29 is 0 Å². The number of hydrogen-bond acceptors (Lipinski definition) is 2. The fourth-order valence-corrected chi connectivity index (χ4v) is 3.39. The normalized spacial score (nSPS) is 18.4. The summed E-state index contributed by atoms with van der Waals surface area (Å²) in [5, 5.41) is 0. The molecule has 0 fully saturated rings. The molecule has 1 aliphatic rings. The fourth-order valence-electron chi connectivity index (χ4n) is 2.15. The lowest BCUT2D eigenvalue weighted by molar-refractivity contribution is 0.681. The Morgan fingerprint density at radius 3 is 2.82 bits per heavy atom. The summed E-state index contributed by atoms with van der Waals surface area (Å²) in [6.45, 7) is 0. The van der Waals surface area contributed by atoms with Crippen LogP contribution in [0.15, 0.2) is 32.9 Å². The number of halogens is 2. The predicted molar refractivity (Wildman–Crippen MR) is 77.7 cm³/mol. The zero-order valence-electron chi connectivity index (χ0n) is 9.63. The molecule has 1 atom stereocenters. The molecule has 1 aliphatic carbocycles. The maximum atomic E-state index is 6.31. The van der Waals surface area contributed by atoms with Crippen LogP contribution < -0.4 is 5.73 Å². The second-order valence-corrected chi connectivity index (χ2v) is 6.15. The van der Waals surface area contributed by atoms with Gasteiger partial charge in [-0.2, -0.15) is 0 Å². The highest BCUT2D eigenvalue weighted by atomic mass is 79.9. The van der Waals surface area contributed by atoms with Crippen molar-refractivity contribution in [3.63, 3.8) is 0 Å². The van der Waals surface area contributed by atoms with Gasteiger partial charge in [-0.25, -0.2) is 0 Å². The van der Waals surface area contributed by atoms with Crippen molar-refractivity contribution in [1.82, 2.24) is 4.98 Å². The van der Waals surface area contributed by atoms with Gasteiger partial charge in [0, 0.05) is 15.1 Å². The minimum absolute atomic E-state index is 0.0735. The topological polar surface area (TPSA) is 38.9 Å². The quantitative estimate of drug-likeness (QED) is 0.789. The van der Waals surface area contributed by atoms with E-state index in [1.54, 1.807) is 6.20 Å². The number of allylic oxidation sites excluding steroid dienone is 1. The van der Waals surface area contributed by atoms with Gasteiger partial charge in [-0.05, 0) is 63.6 Å². The van der Waals surface area contributed by atoms with Gasteiger partial charge in [0.05, 0.1) is 11.7 Å². The number of hydrogen-bond donors (Lipinski definition) is 1. The Hall–Kier alpha value is -0.190. The molecule has 0 radical (unpaired) electrons. The van der Waals surface area contributed by atoms with E-state index in [1.807, 2.05) is 6.07 Å². The Labute approximate surface area is 119 Å². The highest BCUT2D eigenvalue weighted by molar-refractivity contribution is 9.11. The lowest BCUT2D eigenvalue weighted by atomic mass is 10.00. The van der Waals surface area contributed by atoms with Crippen molar-refractivity contribution in [2.45, 2.75) is 38.1 Å². The summed E-state index contributed by atoms with van der Waals surface area (Å²) in [6, 6.07) is 1.93. The summed E-state index contributed by atoms with van der Waals surface area (Å²) in [6.07, 6.45) is 10.2. The summed E-state index contributed by atoms with van der Waals surface area (Å²) < 4.78 is 1.94. The van der Waals surface area contributed by atoms with E-state index < -0.39 is 0 Å². The van der Waals surface area contributed by atoms with Gasteiger partial charge in [0.25, 0.3) is 0 Å². The van der Waals surface area contributed by atoms with E-state index in [-0.39, 0.29) is 6.04 Å². The third kappa shape index (κ3) is 3.39. The van der Waals surface area contributed by atoms with E-state index in [1.165, 1.54) is 24.8 Å². The molecule has 0 aromatic carbocycles. The van der Waals surface area contributed by atoms with Gasteiger partial charge in [0.1, 0.15) is 0 Å². The average molecular weight is 360 g/mol. The maximum absolute atomic E-state index is 6.31. The summed E-state index contributed by atoms with van der Waals surface area (Å²) in [5.74, 6) is 0. The molecule has 2 rings (SSSR count). The van der Waals surface area contributed by atoms with Gasteiger partial charge in [0.2, 0.25) is 0 Å². The first kappa shape index (κ1) is 13.2. The predicted octanol–water partition coefficient (Wildman–Crippen LogP) is 4.50. The largest absolute Gasteiger partial charge is 0.319 e. The van der Waals surface area contributed by atoms with Crippen LogP contribution in [-0.4, -0.2) is 4.98 Å². The molecule has 0 saturated carbocycles. The van der Waals surface area contributed by atoms with E-state index in [9.17, 15) is 0 Å². The smallest absolute Gasteiger partial charge is 0.0755 e.